The van der Waals surface area contributed by atoms with Gasteiger partial charge in [-0.25, -0.2) is 4.98 Å². The molecule has 0 radical (unpaired) electrons. The van der Waals surface area contributed by atoms with Crippen LogP contribution in [0.15, 0.2) is 18.3 Å². The number of piperidine rings is 1. The molecule has 19 heavy (non-hydrogen) atoms. The van der Waals surface area contributed by atoms with E-state index in [2.05, 4.69) is 17.2 Å². The molecule has 2 N–H and O–H groups in total. The van der Waals surface area contributed by atoms with Crippen molar-refractivity contribution in [1.82, 2.24) is 10.3 Å². The van der Waals surface area contributed by atoms with Crippen LogP contribution in [0.2, 0.25) is 5.15 Å². The fourth-order valence-electron chi connectivity index (χ4n) is 2.55. The summed E-state index contributed by atoms with van der Waals surface area (Å²) in [5.74, 6) is -0.0480. The Morgan fingerprint density at radius 2 is 2.21 bits per heavy atom. The van der Waals surface area contributed by atoms with Gasteiger partial charge in [-0.1, -0.05) is 18.5 Å². The van der Waals surface area contributed by atoms with Gasteiger partial charge in [0, 0.05) is 25.1 Å². The van der Waals surface area contributed by atoms with E-state index in [1.54, 1.807) is 17.0 Å². The molecular weight excluding hydrogens is 262 g/mol. The molecule has 1 fully saturated rings. The van der Waals surface area contributed by atoms with E-state index in [9.17, 15) is 4.79 Å². The van der Waals surface area contributed by atoms with Gasteiger partial charge in [-0.2, -0.15) is 0 Å². The van der Waals surface area contributed by atoms with Crippen molar-refractivity contribution < 1.29 is 9.69 Å². The minimum absolute atomic E-state index is 0.0480. The minimum Gasteiger partial charge on any atom is -0.349 e. The molecule has 1 aliphatic heterocycles. The Kier molecular flexibility index (Phi) is 5.16. The van der Waals surface area contributed by atoms with Crippen LogP contribution in [0.4, 0.5) is 0 Å². The number of nitrogens with one attached hydrogen (secondary N) is 2. The number of halogens is 1. The van der Waals surface area contributed by atoms with Crippen molar-refractivity contribution in [3.63, 3.8) is 0 Å². The van der Waals surface area contributed by atoms with Crippen molar-refractivity contribution in [2.75, 3.05) is 19.6 Å². The first kappa shape index (κ1) is 14.3. The summed E-state index contributed by atoms with van der Waals surface area (Å²) < 4.78 is 0. The largest absolute Gasteiger partial charge is 0.349 e. The Morgan fingerprint density at radius 3 is 2.79 bits per heavy atom. The average molecular weight is 283 g/mol. The van der Waals surface area contributed by atoms with E-state index in [0.29, 0.717) is 16.8 Å². The number of pyridine rings is 1. The first-order chi connectivity index (χ1) is 9.19. The van der Waals surface area contributed by atoms with Crippen LogP contribution in [-0.4, -0.2) is 36.6 Å². The monoisotopic (exact) mass is 282 g/mol. The highest BCUT2D eigenvalue weighted by Crippen LogP contribution is 2.07. The Morgan fingerprint density at radius 1 is 1.47 bits per heavy atom. The van der Waals surface area contributed by atoms with Crippen molar-refractivity contribution in [3.8, 4) is 0 Å². The molecule has 0 atom stereocenters. The molecular formula is C14H21ClN3O+. The molecule has 0 saturated carbocycles. The van der Waals surface area contributed by atoms with Crippen LogP contribution in [0.5, 0.6) is 0 Å². The molecule has 1 saturated heterocycles. The molecule has 4 nitrogen and oxygen atoms in total. The zero-order valence-electron chi connectivity index (χ0n) is 11.3. The molecule has 1 aliphatic rings. The van der Waals surface area contributed by atoms with E-state index >= 15 is 0 Å². The Hall–Kier alpha value is -1.13. The van der Waals surface area contributed by atoms with Crippen molar-refractivity contribution >= 4 is 17.5 Å². The summed E-state index contributed by atoms with van der Waals surface area (Å²) in [5, 5.41) is 3.49. The van der Waals surface area contributed by atoms with E-state index in [-0.39, 0.29) is 5.91 Å². The first-order valence-electron chi connectivity index (χ1n) is 6.95. The number of likely N-dealkylation sites (tertiary alicyclic amines) is 1. The highest BCUT2D eigenvalue weighted by molar-refractivity contribution is 6.29. The van der Waals surface area contributed by atoms with Crippen molar-refractivity contribution in [1.29, 1.82) is 0 Å². The molecule has 0 aromatic carbocycles. The van der Waals surface area contributed by atoms with Crippen LogP contribution in [0.25, 0.3) is 0 Å². The van der Waals surface area contributed by atoms with Crippen LogP contribution in [0.3, 0.4) is 0 Å². The van der Waals surface area contributed by atoms with Gasteiger partial charge in [0.2, 0.25) is 0 Å². The lowest BCUT2D eigenvalue weighted by Gasteiger charge is -2.29. The smallest absolute Gasteiger partial charge is 0.253 e. The second-order valence-electron chi connectivity index (χ2n) is 5.12. The summed E-state index contributed by atoms with van der Waals surface area (Å²) in [6.07, 6.45) is 4.86. The summed E-state index contributed by atoms with van der Waals surface area (Å²) in [6, 6.07) is 3.65. The number of quaternary nitrogens is 1. The average Bonchev–Trinajstić information content (AvgIpc) is 2.42. The second-order valence-corrected chi connectivity index (χ2v) is 5.50. The number of amides is 1. The number of hydrogen-bond acceptors (Lipinski definition) is 2. The number of carbonyl (C=O) groups is 1. The highest BCUT2D eigenvalue weighted by atomic mass is 35.5. The SMILES string of the molecule is CCC[NH+]1CCC(NC(=O)c2ccc(Cl)nc2)CC1. The fourth-order valence-corrected chi connectivity index (χ4v) is 2.66. The Labute approximate surface area is 119 Å². The maximum absolute atomic E-state index is 12.0. The normalized spacial score (nSPS) is 23.1. The summed E-state index contributed by atoms with van der Waals surface area (Å²) in [5.41, 5.74) is 0.577. The van der Waals surface area contributed by atoms with Crippen molar-refractivity contribution in [2.24, 2.45) is 0 Å². The van der Waals surface area contributed by atoms with E-state index in [4.69, 9.17) is 11.6 Å². The molecule has 5 heteroatoms. The molecule has 2 heterocycles. The van der Waals surface area contributed by atoms with E-state index in [1.165, 1.54) is 19.2 Å². The zero-order chi connectivity index (χ0) is 13.7. The molecule has 0 bridgehead atoms. The lowest BCUT2D eigenvalue weighted by molar-refractivity contribution is -0.905. The molecule has 0 unspecified atom stereocenters. The van der Waals surface area contributed by atoms with E-state index in [0.717, 1.165) is 25.9 Å². The first-order valence-corrected chi connectivity index (χ1v) is 7.33. The third-order valence-corrected chi connectivity index (χ3v) is 3.84. The summed E-state index contributed by atoms with van der Waals surface area (Å²) in [7, 11) is 0. The number of hydrogen-bond donors (Lipinski definition) is 2. The van der Waals surface area contributed by atoms with Crippen molar-refractivity contribution in [2.45, 2.75) is 32.2 Å². The van der Waals surface area contributed by atoms with Gasteiger partial charge in [0.05, 0.1) is 25.2 Å². The molecule has 2 rings (SSSR count). The topological polar surface area (TPSA) is 46.4 Å². The third kappa shape index (κ3) is 4.18. The molecule has 1 amide bonds. The molecule has 0 spiro atoms. The van der Waals surface area contributed by atoms with Gasteiger partial charge in [0.25, 0.3) is 5.91 Å². The van der Waals surface area contributed by atoms with Gasteiger partial charge in [0.15, 0.2) is 0 Å². The van der Waals surface area contributed by atoms with Crippen LogP contribution in [0.1, 0.15) is 36.5 Å². The maximum Gasteiger partial charge on any atom is 0.253 e. The van der Waals surface area contributed by atoms with E-state index < -0.39 is 0 Å². The van der Waals surface area contributed by atoms with Gasteiger partial charge in [-0.05, 0) is 18.6 Å². The number of carbonyl (C=O) groups excluding carboxylic acids is 1. The van der Waals surface area contributed by atoms with Gasteiger partial charge in [-0.15, -0.1) is 0 Å². The summed E-state index contributed by atoms with van der Waals surface area (Å²) >= 11 is 5.71. The maximum atomic E-state index is 12.0. The zero-order valence-corrected chi connectivity index (χ0v) is 12.0. The number of rotatable bonds is 4. The summed E-state index contributed by atoms with van der Waals surface area (Å²) in [6.45, 7) is 5.76. The molecule has 1 aromatic heterocycles. The molecule has 1 aromatic rings. The van der Waals surface area contributed by atoms with Crippen LogP contribution in [-0.2, 0) is 0 Å². The predicted molar refractivity (Wildman–Crippen MR) is 75.6 cm³/mol. The van der Waals surface area contributed by atoms with Gasteiger partial charge in [-0.3, -0.25) is 4.79 Å². The molecule has 0 aliphatic carbocycles. The predicted octanol–water partition coefficient (Wildman–Crippen LogP) is 0.922. The quantitative estimate of drug-likeness (QED) is 0.807. The number of aromatic nitrogens is 1. The van der Waals surface area contributed by atoms with Gasteiger partial charge >= 0.3 is 0 Å². The van der Waals surface area contributed by atoms with E-state index in [1.807, 2.05) is 0 Å². The summed E-state index contributed by atoms with van der Waals surface area (Å²) in [4.78, 5) is 17.6. The lowest BCUT2D eigenvalue weighted by Crippen LogP contribution is -3.13. The fraction of sp³-hybridized carbons (Fsp3) is 0.571. The standard InChI is InChI=1S/C14H20ClN3O/c1-2-7-18-8-5-12(6-9-18)17-14(19)11-3-4-13(15)16-10-11/h3-4,10,12H,2,5-9H2,1H3,(H,17,19)/p+1. The molecule has 104 valence electrons. The van der Waals surface area contributed by atoms with Gasteiger partial charge in [0.1, 0.15) is 5.15 Å². The third-order valence-electron chi connectivity index (χ3n) is 3.62. The van der Waals surface area contributed by atoms with Crippen LogP contribution >= 0.6 is 11.6 Å². The van der Waals surface area contributed by atoms with Crippen molar-refractivity contribution in [3.05, 3.63) is 29.0 Å². The highest BCUT2D eigenvalue weighted by Gasteiger charge is 2.23. The Bertz CT molecular complexity index is 413. The Balaban J connectivity index is 1.82. The van der Waals surface area contributed by atoms with Gasteiger partial charge < -0.3 is 10.2 Å². The second kappa shape index (κ2) is 6.87. The number of nitrogens with zero attached hydrogens (tertiary/aromatic N) is 1. The van der Waals surface area contributed by atoms with Crippen LogP contribution in [0, 0.1) is 0 Å². The van der Waals surface area contributed by atoms with Crippen LogP contribution < -0.4 is 10.2 Å². The lowest BCUT2D eigenvalue weighted by atomic mass is 10.0. The minimum atomic E-state index is -0.0480.